The molecule has 0 amide bonds. The molecule has 0 heterocycles. The summed E-state index contributed by atoms with van der Waals surface area (Å²) in [6, 6.07) is 0. The maximum atomic E-state index is 14.0. The molecule has 186 valence electrons. The number of Topliss-reactive ketones (excluding diaryl/α,β-unsaturated/α-hetero) is 1. The molecule has 0 radical (unpaired) electrons. The highest BCUT2D eigenvalue weighted by Crippen LogP contribution is 2.71. The van der Waals surface area contributed by atoms with E-state index in [0.29, 0.717) is 30.0 Å². The lowest BCUT2D eigenvalue weighted by molar-refractivity contribution is -0.131. The molecule has 0 aliphatic heterocycles. The highest BCUT2D eigenvalue weighted by Gasteiger charge is 2.65. The Balaban J connectivity index is 1.67. The van der Waals surface area contributed by atoms with Gasteiger partial charge >= 0.3 is 0 Å². The van der Waals surface area contributed by atoms with Crippen molar-refractivity contribution in [1.82, 2.24) is 0 Å². The fraction of sp³-hybridized carbons (Fsp3) is 0.833. The Kier molecular flexibility index (Phi) is 6.35. The second-order valence-corrected chi connectivity index (χ2v) is 13.5. The van der Waals surface area contributed by atoms with Gasteiger partial charge in [0.05, 0.1) is 12.7 Å². The number of hydrogen-bond donors (Lipinski definition) is 2. The predicted molar refractivity (Wildman–Crippen MR) is 135 cm³/mol. The number of carbonyl (C=O) groups is 1. The molecular formula is C30H48O3. The van der Waals surface area contributed by atoms with Crippen molar-refractivity contribution >= 4 is 5.78 Å². The van der Waals surface area contributed by atoms with Crippen LogP contribution < -0.4 is 0 Å². The van der Waals surface area contributed by atoms with Crippen LogP contribution >= 0.6 is 0 Å². The van der Waals surface area contributed by atoms with Crippen molar-refractivity contribution in [2.75, 3.05) is 6.61 Å². The molecule has 7 atom stereocenters. The molecule has 4 aliphatic rings. The average Bonchev–Trinajstić information content (AvgIpc) is 3.02. The van der Waals surface area contributed by atoms with Gasteiger partial charge in [0.15, 0.2) is 5.78 Å². The maximum absolute atomic E-state index is 14.0. The van der Waals surface area contributed by atoms with Crippen molar-refractivity contribution in [2.24, 2.45) is 39.4 Å². The maximum Gasteiger partial charge on any atom is 0.159 e. The van der Waals surface area contributed by atoms with E-state index in [1.165, 1.54) is 24.0 Å². The summed E-state index contributed by atoms with van der Waals surface area (Å²) in [6.45, 7) is 16.3. The molecule has 0 aromatic rings. The Morgan fingerprint density at radius 3 is 2.48 bits per heavy atom. The van der Waals surface area contributed by atoms with E-state index in [0.717, 1.165) is 44.1 Å². The number of aliphatic hydroxyl groups excluding tert-OH is 2. The van der Waals surface area contributed by atoms with Gasteiger partial charge in [-0.1, -0.05) is 58.8 Å². The minimum atomic E-state index is -0.266. The van der Waals surface area contributed by atoms with Gasteiger partial charge in [0.25, 0.3) is 0 Å². The molecule has 3 heteroatoms. The van der Waals surface area contributed by atoms with Crippen LogP contribution in [0.4, 0.5) is 0 Å². The van der Waals surface area contributed by atoms with Crippen molar-refractivity contribution in [3.05, 3.63) is 22.8 Å². The molecule has 0 aromatic carbocycles. The summed E-state index contributed by atoms with van der Waals surface area (Å²) in [6.07, 6.45) is 11.0. The average molecular weight is 457 g/mol. The third-order valence-electron chi connectivity index (χ3n) is 11.6. The lowest BCUT2D eigenvalue weighted by Crippen LogP contribution is -2.57. The molecule has 33 heavy (non-hydrogen) atoms. The first-order valence-corrected chi connectivity index (χ1v) is 13.5. The predicted octanol–water partition coefficient (Wildman–Crippen LogP) is 6.63. The van der Waals surface area contributed by atoms with Gasteiger partial charge in [-0.15, -0.1) is 0 Å². The largest absolute Gasteiger partial charge is 0.393 e. The lowest BCUT2D eigenvalue weighted by atomic mass is 9.43. The number of rotatable bonds is 5. The van der Waals surface area contributed by atoms with Crippen LogP contribution in [0.25, 0.3) is 0 Å². The van der Waals surface area contributed by atoms with Crippen LogP contribution in [-0.2, 0) is 4.79 Å². The van der Waals surface area contributed by atoms with Gasteiger partial charge < -0.3 is 10.2 Å². The second-order valence-electron chi connectivity index (χ2n) is 13.5. The topological polar surface area (TPSA) is 57.5 Å². The van der Waals surface area contributed by atoms with E-state index in [2.05, 4.69) is 47.6 Å². The van der Waals surface area contributed by atoms with Crippen LogP contribution in [0.15, 0.2) is 22.8 Å². The van der Waals surface area contributed by atoms with E-state index >= 15 is 0 Å². The van der Waals surface area contributed by atoms with Crippen LogP contribution in [0.2, 0.25) is 0 Å². The third-order valence-corrected chi connectivity index (χ3v) is 11.6. The van der Waals surface area contributed by atoms with Gasteiger partial charge in [-0.25, -0.2) is 0 Å². The van der Waals surface area contributed by atoms with E-state index in [1.807, 2.05) is 6.92 Å². The Bertz CT molecular complexity index is 866. The summed E-state index contributed by atoms with van der Waals surface area (Å²) in [5.74, 6) is 1.94. The lowest BCUT2D eigenvalue weighted by Gasteiger charge is -2.61. The minimum Gasteiger partial charge on any atom is -0.393 e. The molecular weight excluding hydrogens is 408 g/mol. The van der Waals surface area contributed by atoms with Gasteiger partial charge in [0, 0.05) is 12.0 Å². The first-order chi connectivity index (χ1) is 15.3. The van der Waals surface area contributed by atoms with Crippen molar-refractivity contribution in [3.8, 4) is 0 Å². The van der Waals surface area contributed by atoms with Crippen molar-refractivity contribution in [2.45, 2.75) is 112 Å². The highest BCUT2D eigenvalue weighted by molar-refractivity contribution is 5.99. The van der Waals surface area contributed by atoms with Crippen LogP contribution in [0.5, 0.6) is 0 Å². The van der Waals surface area contributed by atoms with Gasteiger partial charge in [-0.05, 0) is 97.7 Å². The third kappa shape index (κ3) is 3.54. The summed E-state index contributed by atoms with van der Waals surface area (Å²) in [7, 11) is 0. The monoisotopic (exact) mass is 456 g/mol. The number of hydrogen-bond acceptors (Lipinski definition) is 3. The number of ketones is 1. The highest BCUT2D eigenvalue weighted by atomic mass is 16.3. The van der Waals surface area contributed by atoms with Crippen molar-refractivity contribution in [1.29, 1.82) is 0 Å². The standard InChI is InChI=1S/C30H48O3/c1-19(18-31)9-8-10-20(2)21-13-16-29(6)22-11-12-24-27(3,4)25(33)14-15-28(24,5)26(22)23(32)17-30(21,29)7/h9,20-21,24-25,31,33H,8,10-18H2,1-7H3/b19-9+/t20-,21-,24?,25+,28+,29+,30-/m1/s1. The number of aliphatic hydroxyl groups is 2. The zero-order valence-electron chi connectivity index (χ0n) is 22.3. The molecule has 4 rings (SSSR count). The summed E-state index contributed by atoms with van der Waals surface area (Å²) in [5.41, 5.74) is 3.66. The molecule has 1 unspecified atom stereocenters. The molecule has 4 aliphatic carbocycles. The summed E-state index contributed by atoms with van der Waals surface area (Å²) >= 11 is 0. The second kappa shape index (κ2) is 8.33. The Hall–Kier alpha value is -0.930. The van der Waals surface area contributed by atoms with Crippen molar-refractivity contribution < 1.29 is 15.0 Å². The zero-order chi connectivity index (χ0) is 24.4. The Morgan fingerprint density at radius 2 is 1.82 bits per heavy atom. The number of allylic oxidation sites excluding steroid dienone is 3. The smallest absolute Gasteiger partial charge is 0.159 e. The van der Waals surface area contributed by atoms with Gasteiger partial charge in [0.1, 0.15) is 0 Å². The molecule has 2 saturated carbocycles. The fourth-order valence-electron chi connectivity index (χ4n) is 9.29. The normalized spacial score (nSPS) is 43.7. The first kappa shape index (κ1) is 25.2. The quantitative estimate of drug-likeness (QED) is 0.456. The molecule has 0 bridgehead atoms. The molecule has 2 fully saturated rings. The molecule has 0 spiro atoms. The summed E-state index contributed by atoms with van der Waals surface area (Å²) in [4.78, 5) is 14.0. The number of carbonyl (C=O) groups excluding carboxylic acids is 1. The van der Waals surface area contributed by atoms with Crippen LogP contribution in [0.3, 0.4) is 0 Å². The molecule has 0 aromatic heterocycles. The first-order valence-electron chi connectivity index (χ1n) is 13.5. The molecule has 3 nitrogen and oxygen atoms in total. The van der Waals surface area contributed by atoms with Gasteiger partial charge in [-0.3, -0.25) is 4.79 Å². The van der Waals surface area contributed by atoms with Gasteiger partial charge in [0.2, 0.25) is 0 Å². The van der Waals surface area contributed by atoms with Crippen molar-refractivity contribution in [3.63, 3.8) is 0 Å². The number of fused-ring (bicyclic) bond motifs is 4. The summed E-state index contributed by atoms with van der Waals surface area (Å²) < 4.78 is 0. The Labute approximate surface area is 202 Å². The van der Waals surface area contributed by atoms with Crippen LogP contribution in [0, 0.1) is 39.4 Å². The van der Waals surface area contributed by atoms with E-state index < -0.39 is 0 Å². The molecule has 0 saturated heterocycles. The van der Waals surface area contributed by atoms with E-state index in [9.17, 15) is 15.0 Å². The van der Waals surface area contributed by atoms with E-state index in [-0.39, 0.29) is 34.4 Å². The minimum absolute atomic E-state index is 0.0327. The van der Waals surface area contributed by atoms with E-state index in [4.69, 9.17) is 0 Å². The van der Waals surface area contributed by atoms with Gasteiger partial charge in [-0.2, -0.15) is 0 Å². The summed E-state index contributed by atoms with van der Waals surface area (Å²) in [5, 5.41) is 20.1. The SMILES string of the molecule is C/C(=C\CC[C@@H](C)[C@H]1CC[C@@]2(C)C3=C(C(=O)C[C@]12C)[C@@]1(C)CC[C@H](O)C(C)(C)C1CC3)CO. The Morgan fingerprint density at radius 1 is 1.12 bits per heavy atom. The fourth-order valence-corrected chi connectivity index (χ4v) is 9.29. The van der Waals surface area contributed by atoms with E-state index in [1.54, 1.807) is 0 Å². The zero-order valence-corrected chi connectivity index (χ0v) is 22.3. The van der Waals surface area contributed by atoms with Crippen LogP contribution in [-0.4, -0.2) is 28.7 Å². The van der Waals surface area contributed by atoms with Crippen LogP contribution in [0.1, 0.15) is 106 Å². The molecule has 2 N–H and O–H groups in total.